The van der Waals surface area contributed by atoms with Crippen molar-refractivity contribution < 1.29 is 9.53 Å². The van der Waals surface area contributed by atoms with Gasteiger partial charge in [0.15, 0.2) is 0 Å². The number of benzene rings is 1. The molecule has 0 spiro atoms. The molecule has 0 atom stereocenters. The molecule has 1 amide bonds. The van der Waals surface area contributed by atoms with Gasteiger partial charge in [0.25, 0.3) is 5.91 Å². The molecule has 0 fully saturated rings. The maximum atomic E-state index is 12.1. The van der Waals surface area contributed by atoms with Crippen LogP contribution in [0.3, 0.4) is 0 Å². The molecule has 1 N–H and O–H groups in total. The van der Waals surface area contributed by atoms with E-state index in [2.05, 4.69) is 42.0 Å². The van der Waals surface area contributed by atoms with Crippen LogP contribution in [0.5, 0.6) is 5.75 Å². The van der Waals surface area contributed by atoms with Crippen molar-refractivity contribution in [3.05, 3.63) is 28.2 Å². The van der Waals surface area contributed by atoms with E-state index < -0.39 is 0 Å². The van der Waals surface area contributed by atoms with E-state index in [1.54, 1.807) is 6.07 Å². The Kier molecular flexibility index (Phi) is 6.92. The van der Waals surface area contributed by atoms with Crippen molar-refractivity contribution in [2.75, 3.05) is 13.2 Å². The van der Waals surface area contributed by atoms with Crippen LogP contribution in [0.4, 0.5) is 0 Å². The van der Waals surface area contributed by atoms with Crippen LogP contribution in [0.1, 0.15) is 44.0 Å². The zero-order chi connectivity index (χ0) is 14.3. The second kappa shape index (κ2) is 8.20. The summed E-state index contributed by atoms with van der Waals surface area (Å²) in [6, 6.07) is 5.52. The fourth-order valence-electron chi connectivity index (χ4n) is 1.54. The Morgan fingerprint density at radius 1 is 1.42 bits per heavy atom. The molecule has 3 nitrogen and oxygen atoms in total. The van der Waals surface area contributed by atoms with Gasteiger partial charge < -0.3 is 10.1 Å². The van der Waals surface area contributed by atoms with Gasteiger partial charge in [-0.1, -0.05) is 43.1 Å². The van der Waals surface area contributed by atoms with Gasteiger partial charge in [0.05, 0.1) is 12.2 Å². The standard InChI is InChI=1S/C15H22BrNO2/c1-4-5-8-17-15(18)13-9-12(16)6-7-14(13)19-10-11(2)3/h6-7,9,11H,4-5,8,10H2,1-3H3,(H,17,18). The lowest BCUT2D eigenvalue weighted by molar-refractivity contribution is 0.0948. The molecular formula is C15H22BrNO2. The van der Waals surface area contributed by atoms with Crippen molar-refractivity contribution in [3.8, 4) is 5.75 Å². The largest absolute Gasteiger partial charge is 0.492 e. The van der Waals surface area contributed by atoms with Gasteiger partial charge in [-0.05, 0) is 30.5 Å². The summed E-state index contributed by atoms with van der Waals surface area (Å²) < 4.78 is 6.58. The summed E-state index contributed by atoms with van der Waals surface area (Å²) in [5.41, 5.74) is 0.589. The molecule has 106 valence electrons. The van der Waals surface area contributed by atoms with Gasteiger partial charge in [0.2, 0.25) is 0 Å². The molecule has 4 heteroatoms. The lowest BCUT2D eigenvalue weighted by Crippen LogP contribution is -2.25. The highest BCUT2D eigenvalue weighted by molar-refractivity contribution is 9.10. The summed E-state index contributed by atoms with van der Waals surface area (Å²) in [5.74, 6) is 0.999. The van der Waals surface area contributed by atoms with Crippen molar-refractivity contribution in [3.63, 3.8) is 0 Å². The van der Waals surface area contributed by atoms with Gasteiger partial charge in [-0.25, -0.2) is 0 Å². The van der Waals surface area contributed by atoms with E-state index in [0.29, 0.717) is 30.4 Å². The molecule has 0 aromatic heterocycles. The number of amides is 1. The van der Waals surface area contributed by atoms with Crippen LogP contribution in [0.15, 0.2) is 22.7 Å². The predicted molar refractivity (Wildman–Crippen MR) is 81.7 cm³/mol. The average molecular weight is 328 g/mol. The number of unbranched alkanes of at least 4 members (excludes halogenated alkanes) is 1. The summed E-state index contributed by atoms with van der Waals surface area (Å²) in [6.45, 7) is 7.57. The van der Waals surface area contributed by atoms with Crippen LogP contribution in [-0.2, 0) is 0 Å². The van der Waals surface area contributed by atoms with E-state index in [1.165, 1.54) is 0 Å². The highest BCUT2D eigenvalue weighted by Gasteiger charge is 2.13. The maximum absolute atomic E-state index is 12.1. The molecule has 0 saturated heterocycles. The van der Waals surface area contributed by atoms with Gasteiger partial charge in [-0.2, -0.15) is 0 Å². The summed E-state index contributed by atoms with van der Waals surface area (Å²) in [4.78, 5) is 12.1. The van der Waals surface area contributed by atoms with E-state index in [0.717, 1.165) is 17.3 Å². The molecule has 0 heterocycles. The van der Waals surface area contributed by atoms with Gasteiger partial charge in [-0.3, -0.25) is 4.79 Å². The molecule has 0 saturated carbocycles. The summed E-state index contributed by atoms with van der Waals surface area (Å²) in [7, 11) is 0. The van der Waals surface area contributed by atoms with Crippen LogP contribution in [0.2, 0.25) is 0 Å². The van der Waals surface area contributed by atoms with Crippen molar-refractivity contribution in [2.45, 2.75) is 33.6 Å². The van der Waals surface area contributed by atoms with Gasteiger partial charge in [-0.15, -0.1) is 0 Å². The molecule has 0 radical (unpaired) electrons. The first-order chi connectivity index (χ1) is 9.04. The van der Waals surface area contributed by atoms with E-state index in [9.17, 15) is 4.79 Å². The lowest BCUT2D eigenvalue weighted by atomic mass is 10.1. The molecule has 19 heavy (non-hydrogen) atoms. The molecule has 0 bridgehead atoms. The highest BCUT2D eigenvalue weighted by atomic mass is 79.9. The second-order valence-corrected chi connectivity index (χ2v) is 5.87. The average Bonchev–Trinajstić information content (AvgIpc) is 2.37. The first-order valence-corrected chi connectivity index (χ1v) is 7.54. The first kappa shape index (κ1) is 16.0. The van der Waals surface area contributed by atoms with E-state index >= 15 is 0 Å². The maximum Gasteiger partial charge on any atom is 0.255 e. The van der Waals surface area contributed by atoms with Crippen molar-refractivity contribution >= 4 is 21.8 Å². The fourth-order valence-corrected chi connectivity index (χ4v) is 1.90. The number of halogens is 1. The summed E-state index contributed by atoms with van der Waals surface area (Å²) in [6.07, 6.45) is 2.05. The minimum absolute atomic E-state index is 0.0755. The Balaban J connectivity index is 2.78. The third kappa shape index (κ3) is 5.64. The predicted octanol–water partition coefficient (Wildman–Crippen LogP) is 4.01. The summed E-state index contributed by atoms with van der Waals surface area (Å²) in [5, 5.41) is 2.92. The Morgan fingerprint density at radius 2 is 2.16 bits per heavy atom. The Hall–Kier alpha value is -1.03. The van der Waals surface area contributed by atoms with E-state index in [1.807, 2.05) is 12.1 Å². The van der Waals surface area contributed by atoms with Crippen molar-refractivity contribution in [2.24, 2.45) is 5.92 Å². The zero-order valence-corrected chi connectivity index (χ0v) is 13.4. The molecule has 1 rings (SSSR count). The number of hydrogen-bond acceptors (Lipinski definition) is 2. The van der Waals surface area contributed by atoms with Crippen LogP contribution in [0.25, 0.3) is 0 Å². The SMILES string of the molecule is CCCCNC(=O)c1cc(Br)ccc1OCC(C)C. The number of carbonyl (C=O) groups excluding carboxylic acids is 1. The third-order valence-corrected chi connectivity index (χ3v) is 3.07. The molecule has 0 unspecified atom stereocenters. The van der Waals surface area contributed by atoms with Gasteiger partial charge in [0, 0.05) is 11.0 Å². The molecule has 1 aromatic rings. The van der Waals surface area contributed by atoms with Crippen LogP contribution in [-0.4, -0.2) is 19.1 Å². The molecule has 0 aliphatic heterocycles. The topological polar surface area (TPSA) is 38.3 Å². The van der Waals surface area contributed by atoms with Crippen molar-refractivity contribution in [1.29, 1.82) is 0 Å². The minimum Gasteiger partial charge on any atom is -0.492 e. The molecule has 0 aliphatic carbocycles. The van der Waals surface area contributed by atoms with Gasteiger partial charge >= 0.3 is 0 Å². The summed E-state index contributed by atoms with van der Waals surface area (Å²) >= 11 is 3.39. The van der Waals surface area contributed by atoms with Crippen molar-refractivity contribution in [1.82, 2.24) is 5.32 Å². The quantitative estimate of drug-likeness (QED) is 0.768. The number of nitrogens with one attached hydrogen (secondary N) is 1. The van der Waals surface area contributed by atoms with Crippen LogP contribution >= 0.6 is 15.9 Å². The second-order valence-electron chi connectivity index (χ2n) is 4.95. The number of carbonyl (C=O) groups is 1. The van der Waals surface area contributed by atoms with Crippen LogP contribution in [0, 0.1) is 5.92 Å². The highest BCUT2D eigenvalue weighted by Crippen LogP contribution is 2.23. The lowest BCUT2D eigenvalue weighted by Gasteiger charge is -2.13. The smallest absolute Gasteiger partial charge is 0.255 e. The third-order valence-electron chi connectivity index (χ3n) is 2.57. The molecular weight excluding hydrogens is 306 g/mol. The molecule has 1 aromatic carbocycles. The fraction of sp³-hybridized carbons (Fsp3) is 0.533. The zero-order valence-electron chi connectivity index (χ0n) is 11.8. The normalized spacial score (nSPS) is 10.6. The molecule has 0 aliphatic rings. The van der Waals surface area contributed by atoms with E-state index in [-0.39, 0.29) is 5.91 Å². The Bertz CT molecular complexity index is 419. The van der Waals surface area contributed by atoms with E-state index in [4.69, 9.17) is 4.74 Å². The first-order valence-electron chi connectivity index (χ1n) is 6.75. The number of hydrogen-bond donors (Lipinski definition) is 1. The van der Waals surface area contributed by atoms with Crippen LogP contribution < -0.4 is 10.1 Å². The monoisotopic (exact) mass is 327 g/mol. The van der Waals surface area contributed by atoms with Gasteiger partial charge in [0.1, 0.15) is 5.75 Å². The number of rotatable bonds is 7. The Morgan fingerprint density at radius 3 is 2.79 bits per heavy atom. The number of ether oxygens (including phenoxy) is 1. The Labute approximate surface area is 123 Å². The minimum atomic E-state index is -0.0755.